The van der Waals surface area contributed by atoms with Gasteiger partial charge in [0.2, 0.25) is 0 Å². The lowest BCUT2D eigenvalue weighted by Crippen LogP contribution is -2.20. The highest BCUT2D eigenvalue weighted by Gasteiger charge is 2.20. The molecule has 28 heavy (non-hydrogen) atoms. The van der Waals surface area contributed by atoms with E-state index >= 15 is 0 Å². The highest BCUT2D eigenvalue weighted by Crippen LogP contribution is 2.34. The van der Waals surface area contributed by atoms with E-state index in [-0.39, 0.29) is 5.54 Å². The lowest BCUT2D eigenvalue weighted by Gasteiger charge is -2.21. The molecule has 0 aliphatic rings. The number of benzene rings is 2. The fraction of sp³-hybridized carbons (Fsp3) is 0.217. The number of hydrogen-bond donors (Lipinski definition) is 0. The van der Waals surface area contributed by atoms with Crippen LogP contribution >= 0.6 is 0 Å². The van der Waals surface area contributed by atoms with Crippen molar-refractivity contribution in [2.75, 3.05) is 7.11 Å². The third kappa shape index (κ3) is 3.43. The molecule has 0 unspecified atom stereocenters. The average Bonchev–Trinajstić information content (AvgIpc) is 3.09. The van der Waals surface area contributed by atoms with E-state index < -0.39 is 0 Å². The lowest BCUT2D eigenvalue weighted by atomic mass is 10.1. The molecule has 5 nitrogen and oxygen atoms in total. The molecule has 2 heterocycles. The van der Waals surface area contributed by atoms with Gasteiger partial charge in [-0.3, -0.25) is 0 Å². The van der Waals surface area contributed by atoms with Crippen molar-refractivity contribution in [1.29, 1.82) is 0 Å². The van der Waals surface area contributed by atoms with Crippen LogP contribution in [0.5, 0.6) is 17.2 Å². The summed E-state index contributed by atoms with van der Waals surface area (Å²) in [6.45, 7) is 6.51. The Labute approximate surface area is 164 Å². The zero-order valence-corrected chi connectivity index (χ0v) is 16.5. The van der Waals surface area contributed by atoms with E-state index in [0.29, 0.717) is 0 Å². The van der Waals surface area contributed by atoms with Crippen LogP contribution in [0.3, 0.4) is 0 Å². The monoisotopic (exact) mass is 373 g/mol. The minimum absolute atomic E-state index is 0.0672. The summed E-state index contributed by atoms with van der Waals surface area (Å²) in [6.07, 6.45) is 5.63. The van der Waals surface area contributed by atoms with Crippen LogP contribution in [0.2, 0.25) is 0 Å². The summed E-state index contributed by atoms with van der Waals surface area (Å²) in [5, 5.41) is 1.04. The predicted octanol–water partition coefficient (Wildman–Crippen LogP) is 5.65. The van der Waals surface area contributed by atoms with Gasteiger partial charge in [-0.05, 0) is 62.7 Å². The van der Waals surface area contributed by atoms with Crippen molar-refractivity contribution in [3.8, 4) is 28.4 Å². The minimum Gasteiger partial charge on any atom is -0.497 e. The van der Waals surface area contributed by atoms with Gasteiger partial charge < -0.3 is 14.0 Å². The molecule has 4 rings (SSSR count). The Hall–Kier alpha value is -3.34. The van der Waals surface area contributed by atoms with Gasteiger partial charge in [-0.2, -0.15) is 0 Å². The molecule has 0 saturated heterocycles. The first kappa shape index (κ1) is 18.0. The highest BCUT2D eigenvalue weighted by molar-refractivity contribution is 5.93. The van der Waals surface area contributed by atoms with E-state index in [9.17, 15) is 0 Å². The van der Waals surface area contributed by atoms with Gasteiger partial charge >= 0.3 is 0 Å². The number of methoxy groups -OCH3 is 1. The molecule has 0 fully saturated rings. The summed E-state index contributed by atoms with van der Waals surface area (Å²) in [7, 11) is 1.65. The largest absolute Gasteiger partial charge is 0.497 e. The summed E-state index contributed by atoms with van der Waals surface area (Å²) >= 11 is 0. The topological polar surface area (TPSA) is 49.2 Å². The van der Waals surface area contributed by atoms with Crippen molar-refractivity contribution in [2.45, 2.75) is 26.3 Å². The van der Waals surface area contributed by atoms with E-state index in [4.69, 9.17) is 9.47 Å². The first-order valence-electron chi connectivity index (χ1n) is 9.19. The van der Waals surface area contributed by atoms with Crippen LogP contribution in [0.15, 0.2) is 67.3 Å². The Bertz CT molecular complexity index is 1090. The Morgan fingerprint density at radius 2 is 1.46 bits per heavy atom. The zero-order chi connectivity index (χ0) is 19.7. The number of fused-ring (bicyclic) bond motifs is 1. The summed E-state index contributed by atoms with van der Waals surface area (Å²) in [4.78, 5) is 8.72. The normalized spacial score (nSPS) is 11.6. The van der Waals surface area contributed by atoms with E-state index in [0.717, 1.165) is 39.4 Å². The molecule has 0 spiro atoms. The molecule has 0 atom stereocenters. The molecule has 0 saturated carbocycles. The van der Waals surface area contributed by atoms with Crippen LogP contribution in [0.25, 0.3) is 22.2 Å². The average molecular weight is 373 g/mol. The first-order valence-corrected chi connectivity index (χ1v) is 9.19. The van der Waals surface area contributed by atoms with Gasteiger partial charge in [0.25, 0.3) is 0 Å². The predicted molar refractivity (Wildman–Crippen MR) is 111 cm³/mol. The summed E-state index contributed by atoms with van der Waals surface area (Å²) < 4.78 is 13.3. The second-order valence-electron chi connectivity index (χ2n) is 7.65. The molecule has 4 aromatic rings. The van der Waals surface area contributed by atoms with Gasteiger partial charge in [0.05, 0.1) is 7.11 Å². The zero-order valence-electron chi connectivity index (χ0n) is 16.5. The molecule has 0 N–H and O–H groups in total. The number of aromatic nitrogens is 3. The van der Waals surface area contributed by atoms with Crippen LogP contribution in [-0.2, 0) is 5.54 Å². The van der Waals surface area contributed by atoms with Crippen molar-refractivity contribution in [1.82, 2.24) is 14.5 Å². The second-order valence-corrected chi connectivity index (χ2v) is 7.65. The van der Waals surface area contributed by atoms with Crippen LogP contribution in [-0.4, -0.2) is 21.6 Å². The van der Waals surface area contributed by atoms with Crippen LogP contribution in [0.4, 0.5) is 0 Å². The van der Waals surface area contributed by atoms with E-state index in [1.54, 1.807) is 13.4 Å². The van der Waals surface area contributed by atoms with Gasteiger partial charge in [-0.25, -0.2) is 9.97 Å². The number of ether oxygens (including phenoxy) is 2. The third-order valence-corrected chi connectivity index (χ3v) is 4.65. The highest BCUT2D eigenvalue weighted by atomic mass is 16.5. The fourth-order valence-electron chi connectivity index (χ4n) is 3.19. The number of hydrogen-bond acceptors (Lipinski definition) is 4. The van der Waals surface area contributed by atoms with Gasteiger partial charge in [-0.15, -0.1) is 0 Å². The lowest BCUT2D eigenvalue weighted by molar-refractivity contribution is 0.408. The minimum atomic E-state index is -0.0672. The van der Waals surface area contributed by atoms with Crippen LogP contribution < -0.4 is 9.47 Å². The molecule has 0 aliphatic heterocycles. The molecule has 2 aromatic carbocycles. The van der Waals surface area contributed by atoms with Crippen molar-refractivity contribution in [3.05, 3.63) is 67.3 Å². The SMILES string of the molecule is COc1ccc(Oc2ccc(-c3cn(C(C)(C)C)c4ncncc34)cc2)cc1. The molecule has 0 radical (unpaired) electrons. The Morgan fingerprint density at radius 1 is 0.857 bits per heavy atom. The Morgan fingerprint density at radius 3 is 2.07 bits per heavy atom. The standard InChI is InChI=1S/C23H23N3O2/c1-23(2,3)26-14-21(20-13-24-15-25-22(20)26)16-5-7-18(8-6-16)28-19-11-9-17(27-4)10-12-19/h5-15H,1-4H3. The smallest absolute Gasteiger partial charge is 0.144 e. The molecule has 142 valence electrons. The molecule has 2 aromatic heterocycles. The maximum Gasteiger partial charge on any atom is 0.144 e. The number of nitrogens with zero attached hydrogens (tertiary/aromatic N) is 3. The fourth-order valence-corrected chi connectivity index (χ4v) is 3.19. The third-order valence-electron chi connectivity index (χ3n) is 4.65. The van der Waals surface area contributed by atoms with Crippen molar-refractivity contribution >= 4 is 11.0 Å². The van der Waals surface area contributed by atoms with Gasteiger partial charge in [-0.1, -0.05) is 12.1 Å². The molecule has 5 heteroatoms. The van der Waals surface area contributed by atoms with Gasteiger partial charge in [0.1, 0.15) is 29.2 Å². The molecule has 0 bridgehead atoms. The Balaban J connectivity index is 1.65. The summed E-state index contributed by atoms with van der Waals surface area (Å²) in [6, 6.07) is 15.6. The van der Waals surface area contributed by atoms with Crippen molar-refractivity contribution in [3.63, 3.8) is 0 Å². The number of rotatable bonds is 4. The molecular weight excluding hydrogens is 350 g/mol. The quantitative estimate of drug-likeness (QED) is 0.463. The van der Waals surface area contributed by atoms with Crippen molar-refractivity contribution < 1.29 is 9.47 Å². The van der Waals surface area contributed by atoms with Crippen LogP contribution in [0.1, 0.15) is 20.8 Å². The summed E-state index contributed by atoms with van der Waals surface area (Å²) in [5.41, 5.74) is 3.09. The van der Waals surface area contributed by atoms with E-state index in [1.165, 1.54) is 0 Å². The Kier molecular flexibility index (Phi) is 4.51. The van der Waals surface area contributed by atoms with E-state index in [2.05, 4.69) is 53.6 Å². The maximum absolute atomic E-state index is 5.93. The van der Waals surface area contributed by atoms with Crippen molar-refractivity contribution in [2.24, 2.45) is 0 Å². The van der Waals surface area contributed by atoms with Gasteiger partial charge in [0, 0.05) is 28.9 Å². The summed E-state index contributed by atoms with van der Waals surface area (Å²) in [5.74, 6) is 2.36. The second kappa shape index (κ2) is 7.00. The van der Waals surface area contributed by atoms with Gasteiger partial charge in [0.15, 0.2) is 0 Å². The van der Waals surface area contributed by atoms with Crippen LogP contribution in [0, 0.1) is 0 Å². The maximum atomic E-state index is 5.93. The molecular formula is C23H23N3O2. The molecule has 0 aliphatic carbocycles. The van der Waals surface area contributed by atoms with E-state index in [1.807, 2.05) is 42.6 Å². The molecule has 0 amide bonds. The first-order chi connectivity index (χ1) is 13.5.